The SMILES string of the molecule is CN(C)[C@@H]1CO[C@@H]2c3cc(F)ccc3Cc3ccccc3[C@H]2C1. The molecule has 1 heterocycles. The van der Waals surface area contributed by atoms with Crippen LogP contribution >= 0.6 is 0 Å². The van der Waals surface area contributed by atoms with Crippen LogP contribution in [0.5, 0.6) is 0 Å². The number of fused-ring (bicyclic) bond motifs is 5. The summed E-state index contributed by atoms with van der Waals surface area (Å²) in [4.78, 5) is 2.23. The zero-order valence-electron chi connectivity index (χ0n) is 13.6. The van der Waals surface area contributed by atoms with Gasteiger partial charge in [-0.05, 0) is 61.3 Å². The van der Waals surface area contributed by atoms with Crippen LogP contribution in [0.25, 0.3) is 0 Å². The molecular weight excluding hydrogens is 289 g/mol. The summed E-state index contributed by atoms with van der Waals surface area (Å²) in [5, 5.41) is 0. The standard InChI is InChI=1S/C20H22FNO/c1-22(2)16-11-19-17-6-4-3-5-13(17)9-14-7-8-15(21)10-18(14)20(19)23-12-16/h3-8,10,16,19-20H,9,11-12H2,1-2H3/t16-,19+,20+/m0/s1. The van der Waals surface area contributed by atoms with Gasteiger partial charge in [0.05, 0.1) is 12.7 Å². The highest BCUT2D eigenvalue weighted by molar-refractivity contribution is 5.44. The molecule has 1 aliphatic carbocycles. The van der Waals surface area contributed by atoms with Crippen molar-refractivity contribution in [3.8, 4) is 0 Å². The molecule has 2 aliphatic rings. The number of likely N-dealkylation sites (N-methyl/N-ethyl adjacent to an activating group) is 1. The molecule has 23 heavy (non-hydrogen) atoms. The largest absolute Gasteiger partial charge is 0.371 e. The van der Waals surface area contributed by atoms with E-state index in [0.717, 1.165) is 18.4 Å². The van der Waals surface area contributed by atoms with E-state index in [-0.39, 0.29) is 17.8 Å². The monoisotopic (exact) mass is 311 g/mol. The van der Waals surface area contributed by atoms with E-state index in [1.54, 1.807) is 12.1 Å². The molecule has 2 nitrogen and oxygen atoms in total. The molecule has 0 unspecified atom stereocenters. The Morgan fingerprint density at radius 3 is 2.65 bits per heavy atom. The average Bonchev–Trinajstić information content (AvgIpc) is 2.69. The Labute approximate surface area is 136 Å². The van der Waals surface area contributed by atoms with Crippen LogP contribution in [0.15, 0.2) is 42.5 Å². The number of rotatable bonds is 1. The van der Waals surface area contributed by atoms with E-state index in [2.05, 4.69) is 43.3 Å². The molecule has 2 aromatic carbocycles. The Morgan fingerprint density at radius 1 is 1.04 bits per heavy atom. The van der Waals surface area contributed by atoms with Crippen LogP contribution in [-0.4, -0.2) is 31.6 Å². The minimum Gasteiger partial charge on any atom is -0.371 e. The van der Waals surface area contributed by atoms with Crippen molar-refractivity contribution in [2.24, 2.45) is 0 Å². The predicted molar refractivity (Wildman–Crippen MR) is 89.2 cm³/mol. The summed E-state index contributed by atoms with van der Waals surface area (Å²) < 4.78 is 20.1. The van der Waals surface area contributed by atoms with Crippen LogP contribution in [-0.2, 0) is 11.2 Å². The summed E-state index contributed by atoms with van der Waals surface area (Å²) in [5.74, 6) is 0.113. The molecular formula is C20H22FNO. The minimum atomic E-state index is -0.174. The van der Waals surface area contributed by atoms with Crippen molar-refractivity contribution in [3.05, 3.63) is 70.5 Å². The van der Waals surface area contributed by atoms with Gasteiger partial charge in [-0.2, -0.15) is 0 Å². The minimum absolute atomic E-state index is 0.0412. The zero-order valence-corrected chi connectivity index (χ0v) is 13.6. The average molecular weight is 311 g/mol. The van der Waals surface area contributed by atoms with Gasteiger partial charge in [0.15, 0.2) is 0 Å². The molecule has 120 valence electrons. The number of ether oxygens (including phenoxy) is 1. The fourth-order valence-corrected chi connectivity index (χ4v) is 4.03. The van der Waals surface area contributed by atoms with Crippen molar-refractivity contribution < 1.29 is 9.13 Å². The van der Waals surface area contributed by atoms with Crippen LogP contribution in [0.4, 0.5) is 4.39 Å². The fourth-order valence-electron chi connectivity index (χ4n) is 4.03. The molecule has 0 N–H and O–H groups in total. The maximum Gasteiger partial charge on any atom is 0.123 e. The normalized spacial score (nSPS) is 26.2. The van der Waals surface area contributed by atoms with Crippen LogP contribution in [0.1, 0.15) is 40.7 Å². The highest BCUT2D eigenvalue weighted by Crippen LogP contribution is 2.46. The molecule has 2 aromatic rings. The van der Waals surface area contributed by atoms with Crippen molar-refractivity contribution in [1.29, 1.82) is 0 Å². The molecule has 0 aromatic heterocycles. The second-order valence-electron chi connectivity index (χ2n) is 6.93. The summed E-state index contributed by atoms with van der Waals surface area (Å²) >= 11 is 0. The highest BCUT2D eigenvalue weighted by Gasteiger charge is 2.38. The Balaban J connectivity index is 1.84. The van der Waals surface area contributed by atoms with Gasteiger partial charge in [0.2, 0.25) is 0 Å². The first-order chi connectivity index (χ1) is 11.1. The van der Waals surface area contributed by atoms with Crippen LogP contribution < -0.4 is 0 Å². The maximum absolute atomic E-state index is 13.9. The Morgan fingerprint density at radius 2 is 1.83 bits per heavy atom. The fraction of sp³-hybridized carbons (Fsp3) is 0.400. The summed E-state index contributed by atoms with van der Waals surface area (Å²) in [5.41, 5.74) is 4.93. The molecule has 0 radical (unpaired) electrons. The topological polar surface area (TPSA) is 12.5 Å². The molecule has 0 spiro atoms. The number of halogens is 1. The van der Waals surface area contributed by atoms with Gasteiger partial charge in [-0.15, -0.1) is 0 Å². The molecule has 4 rings (SSSR count). The quantitative estimate of drug-likeness (QED) is 0.792. The van der Waals surface area contributed by atoms with Crippen LogP contribution in [0.2, 0.25) is 0 Å². The van der Waals surface area contributed by atoms with Crippen molar-refractivity contribution >= 4 is 0 Å². The summed E-state index contributed by atoms with van der Waals surface area (Å²) in [6.45, 7) is 0.701. The van der Waals surface area contributed by atoms with E-state index >= 15 is 0 Å². The highest BCUT2D eigenvalue weighted by atomic mass is 19.1. The van der Waals surface area contributed by atoms with E-state index in [0.29, 0.717) is 12.6 Å². The maximum atomic E-state index is 13.9. The second kappa shape index (κ2) is 5.73. The number of benzene rings is 2. The van der Waals surface area contributed by atoms with E-state index in [1.165, 1.54) is 16.7 Å². The van der Waals surface area contributed by atoms with Crippen LogP contribution in [0, 0.1) is 5.82 Å². The molecule has 0 bridgehead atoms. The van der Waals surface area contributed by atoms with Crippen molar-refractivity contribution in [2.45, 2.75) is 30.9 Å². The first-order valence-electron chi connectivity index (χ1n) is 8.27. The van der Waals surface area contributed by atoms with Crippen molar-refractivity contribution in [3.63, 3.8) is 0 Å². The van der Waals surface area contributed by atoms with Gasteiger partial charge in [-0.3, -0.25) is 0 Å². The predicted octanol–water partition coefficient (Wildman–Crippen LogP) is 3.91. The Bertz CT molecular complexity index is 727. The van der Waals surface area contributed by atoms with Gasteiger partial charge in [-0.1, -0.05) is 30.3 Å². The Hall–Kier alpha value is -1.71. The molecule has 0 amide bonds. The summed E-state index contributed by atoms with van der Waals surface area (Å²) in [7, 11) is 4.20. The van der Waals surface area contributed by atoms with Gasteiger partial charge < -0.3 is 9.64 Å². The number of hydrogen-bond donors (Lipinski definition) is 0. The Kier molecular flexibility index (Phi) is 3.70. The third kappa shape index (κ3) is 2.58. The molecule has 3 atom stereocenters. The van der Waals surface area contributed by atoms with Gasteiger partial charge in [0.1, 0.15) is 5.82 Å². The third-order valence-electron chi connectivity index (χ3n) is 5.34. The van der Waals surface area contributed by atoms with Gasteiger partial charge in [0.25, 0.3) is 0 Å². The molecule has 1 saturated heterocycles. The first kappa shape index (κ1) is 14.9. The van der Waals surface area contributed by atoms with Gasteiger partial charge in [0, 0.05) is 12.0 Å². The smallest absolute Gasteiger partial charge is 0.123 e. The summed E-state index contributed by atoms with van der Waals surface area (Å²) in [6.07, 6.45) is 1.86. The molecule has 0 saturated carbocycles. The van der Waals surface area contributed by atoms with E-state index < -0.39 is 0 Å². The number of nitrogens with zero attached hydrogens (tertiary/aromatic N) is 1. The van der Waals surface area contributed by atoms with Crippen molar-refractivity contribution in [1.82, 2.24) is 4.90 Å². The lowest BCUT2D eigenvalue weighted by atomic mass is 9.82. The second-order valence-corrected chi connectivity index (χ2v) is 6.93. The summed E-state index contributed by atoms with van der Waals surface area (Å²) in [6, 6.07) is 14.2. The van der Waals surface area contributed by atoms with Gasteiger partial charge >= 0.3 is 0 Å². The lowest BCUT2D eigenvalue weighted by Crippen LogP contribution is -2.40. The molecule has 1 fully saturated rings. The van der Waals surface area contributed by atoms with E-state index in [4.69, 9.17) is 4.74 Å². The van der Waals surface area contributed by atoms with Crippen molar-refractivity contribution in [2.75, 3.05) is 20.7 Å². The lowest BCUT2D eigenvalue weighted by Gasteiger charge is -2.39. The first-order valence-corrected chi connectivity index (χ1v) is 8.27. The lowest BCUT2D eigenvalue weighted by molar-refractivity contribution is -0.0423. The molecule has 1 aliphatic heterocycles. The van der Waals surface area contributed by atoms with Crippen LogP contribution in [0.3, 0.4) is 0 Å². The number of hydrogen-bond acceptors (Lipinski definition) is 2. The molecule has 3 heteroatoms. The zero-order chi connectivity index (χ0) is 16.0. The third-order valence-corrected chi connectivity index (χ3v) is 5.34. The van der Waals surface area contributed by atoms with E-state index in [1.807, 2.05) is 6.07 Å². The van der Waals surface area contributed by atoms with Gasteiger partial charge in [-0.25, -0.2) is 4.39 Å². The van der Waals surface area contributed by atoms with E-state index in [9.17, 15) is 4.39 Å².